The zero-order chi connectivity index (χ0) is 28.7. The van der Waals surface area contributed by atoms with E-state index in [1.807, 2.05) is 0 Å². The summed E-state index contributed by atoms with van der Waals surface area (Å²) in [4.78, 5) is 82.3. The van der Waals surface area contributed by atoms with E-state index in [0.29, 0.717) is 6.42 Å². The number of aliphatic carboxylic acids is 3. The molecule has 0 bridgehead atoms. The van der Waals surface area contributed by atoms with Crippen LogP contribution in [0.5, 0.6) is 0 Å². The zero-order valence-corrected chi connectivity index (χ0v) is 21.1. The maximum atomic E-state index is 12.5. The van der Waals surface area contributed by atoms with E-state index in [1.165, 1.54) is 13.8 Å². The van der Waals surface area contributed by atoms with Crippen LogP contribution in [-0.4, -0.2) is 87.1 Å². The smallest absolute Gasteiger partial charge is 0.326 e. The summed E-state index contributed by atoms with van der Waals surface area (Å²) < 4.78 is 0. The molecule has 0 aliphatic rings. The molecule has 0 aliphatic heterocycles. The van der Waals surface area contributed by atoms with E-state index in [-0.39, 0.29) is 38.0 Å². The highest BCUT2D eigenvalue weighted by Crippen LogP contribution is 2.07. The molecule has 0 aromatic carbocycles. The number of hydrogen-bond donors (Lipinski definition) is 8. The van der Waals surface area contributed by atoms with Crippen molar-refractivity contribution in [3.8, 4) is 0 Å². The molecule has 0 fully saturated rings. The molecule has 4 amide bonds. The third-order valence-corrected chi connectivity index (χ3v) is 5.23. The number of nitrogens with two attached hydrogens (primary N) is 1. The Labute approximate surface area is 213 Å². The van der Waals surface area contributed by atoms with Gasteiger partial charge in [0.1, 0.15) is 30.2 Å². The third-order valence-electron chi connectivity index (χ3n) is 5.23. The summed E-state index contributed by atoms with van der Waals surface area (Å²) in [5, 5.41) is 36.5. The third kappa shape index (κ3) is 13.8. The molecule has 0 heterocycles. The van der Waals surface area contributed by atoms with Crippen LogP contribution in [0.25, 0.3) is 0 Å². The van der Waals surface area contributed by atoms with Crippen LogP contribution in [0.3, 0.4) is 0 Å². The molecule has 5 unspecified atom stereocenters. The van der Waals surface area contributed by atoms with Gasteiger partial charge in [0.25, 0.3) is 0 Å². The Morgan fingerprint density at radius 3 is 1.76 bits per heavy atom. The van der Waals surface area contributed by atoms with Crippen molar-refractivity contribution >= 4 is 41.5 Å². The summed E-state index contributed by atoms with van der Waals surface area (Å²) in [6.45, 7) is 4.37. The van der Waals surface area contributed by atoms with E-state index in [0.717, 1.165) is 0 Å². The number of rotatable bonds is 18. The summed E-state index contributed by atoms with van der Waals surface area (Å²) >= 11 is 0. The monoisotopic (exact) mass is 531 g/mol. The van der Waals surface area contributed by atoms with E-state index in [1.54, 1.807) is 6.92 Å². The highest BCUT2D eigenvalue weighted by Gasteiger charge is 2.27. The van der Waals surface area contributed by atoms with Crippen molar-refractivity contribution < 1.29 is 48.9 Å². The number of amides is 4. The molecule has 37 heavy (non-hydrogen) atoms. The minimum absolute atomic E-state index is 0.0104. The Bertz CT molecular complexity index is 850. The van der Waals surface area contributed by atoms with Gasteiger partial charge in [0, 0.05) is 12.8 Å². The van der Waals surface area contributed by atoms with Crippen LogP contribution >= 0.6 is 0 Å². The second-order valence-corrected chi connectivity index (χ2v) is 8.54. The second kappa shape index (κ2) is 16.8. The molecule has 0 spiro atoms. The predicted octanol–water partition coefficient (Wildman–Crippen LogP) is -1.70. The maximum Gasteiger partial charge on any atom is 0.326 e. The number of carbonyl (C=O) groups is 7. The number of carboxylic acids is 3. The fourth-order valence-electron chi connectivity index (χ4n) is 3.01. The Hall–Kier alpha value is -3.75. The van der Waals surface area contributed by atoms with Crippen molar-refractivity contribution in [2.75, 3.05) is 0 Å². The van der Waals surface area contributed by atoms with Crippen molar-refractivity contribution in [3.05, 3.63) is 0 Å². The van der Waals surface area contributed by atoms with Crippen LogP contribution in [0, 0.1) is 0 Å². The lowest BCUT2D eigenvalue weighted by molar-refractivity contribution is -0.142. The standard InChI is InChI=1S/C22H37N5O10/c1-4-6-16(28)24-11(2)18(30)27-15(22(36)37)9-10-17(29)26-14(8-5-7-13(23)21(34)35)19(31)25-12(3)20(32)33/h11-15H,4-10,23H2,1-3H3,(H,24,28)(H,25,31)(H,26,29)(H,27,30)(H,32,33)(H,34,35)(H,36,37). The number of hydrogen-bond acceptors (Lipinski definition) is 8. The number of carboxylic acid groups (broad SMARTS) is 3. The SMILES string of the molecule is CCCC(=O)NC(C)C(=O)NC(CCC(=O)NC(CCCC(N)C(=O)O)C(=O)NC(C)C(=O)O)C(=O)O. The Balaban J connectivity index is 5.11. The first-order valence-corrected chi connectivity index (χ1v) is 11.8. The summed E-state index contributed by atoms with van der Waals surface area (Å²) in [5.74, 6) is -6.69. The molecule has 5 atom stereocenters. The number of carbonyl (C=O) groups excluding carboxylic acids is 4. The Morgan fingerprint density at radius 2 is 1.24 bits per heavy atom. The van der Waals surface area contributed by atoms with E-state index in [2.05, 4.69) is 21.3 Å². The van der Waals surface area contributed by atoms with Crippen molar-refractivity contribution in [3.63, 3.8) is 0 Å². The normalized spacial score (nSPS) is 14.7. The topological polar surface area (TPSA) is 254 Å². The van der Waals surface area contributed by atoms with Gasteiger partial charge < -0.3 is 42.3 Å². The van der Waals surface area contributed by atoms with Crippen molar-refractivity contribution in [2.45, 2.75) is 95.9 Å². The summed E-state index contributed by atoms with van der Waals surface area (Å²) in [5.41, 5.74) is 5.43. The predicted molar refractivity (Wildman–Crippen MR) is 128 cm³/mol. The fraction of sp³-hybridized carbons (Fsp3) is 0.682. The van der Waals surface area contributed by atoms with Gasteiger partial charge in [-0.15, -0.1) is 0 Å². The molecule has 0 aromatic heterocycles. The lowest BCUT2D eigenvalue weighted by Crippen LogP contribution is -2.52. The molecular formula is C22H37N5O10. The second-order valence-electron chi connectivity index (χ2n) is 8.54. The highest BCUT2D eigenvalue weighted by atomic mass is 16.4. The molecule has 15 heteroatoms. The Kier molecular flexibility index (Phi) is 15.1. The molecule has 0 aliphatic carbocycles. The van der Waals surface area contributed by atoms with Crippen molar-refractivity contribution in [1.29, 1.82) is 0 Å². The van der Waals surface area contributed by atoms with Gasteiger partial charge in [-0.3, -0.25) is 28.8 Å². The van der Waals surface area contributed by atoms with E-state index in [4.69, 9.17) is 15.9 Å². The summed E-state index contributed by atoms with van der Waals surface area (Å²) in [6.07, 6.45) is 0.0499. The van der Waals surface area contributed by atoms with Gasteiger partial charge in [-0.05, 0) is 46.0 Å². The zero-order valence-electron chi connectivity index (χ0n) is 21.1. The van der Waals surface area contributed by atoms with Gasteiger partial charge in [0.15, 0.2) is 0 Å². The molecule has 0 aromatic rings. The summed E-state index contributed by atoms with van der Waals surface area (Å²) in [6, 6.07) is -6.15. The summed E-state index contributed by atoms with van der Waals surface area (Å²) in [7, 11) is 0. The molecule has 9 N–H and O–H groups in total. The van der Waals surface area contributed by atoms with E-state index in [9.17, 15) is 38.7 Å². The minimum atomic E-state index is -1.46. The van der Waals surface area contributed by atoms with Crippen LogP contribution < -0.4 is 27.0 Å². The van der Waals surface area contributed by atoms with Gasteiger partial charge >= 0.3 is 17.9 Å². The fourth-order valence-corrected chi connectivity index (χ4v) is 3.01. The van der Waals surface area contributed by atoms with Crippen molar-refractivity contribution in [2.24, 2.45) is 5.73 Å². The van der Waals surface area contributed by atoms with Gasteiger partial charge in [-0.1, -0.05) is 6.92 Å². The molecule has 0 saturated carbocycles. The van der Waals surface area contributed by atoms with Crippen LogP contribution in [0.4, 0.5) is 0 Å². The van der Waals surface area contributed by atoms with Crippen LogP contribution in [0.2, 0.25) is 0 Å². The quantitative estimate of drug-likeness (QED) is 0.0988. The minimum Gasteiger partial charge on any atom is -0.480 e. The van der Waals surface area contributed by atoms with Gasteiger partial charge in [0.05, 0.1) is 0 Å². The van der Waals surface area contributed by atoms with Gasteiger partial charge in [-0.2, -0.15) is 0 Å². The average Bonchev–Trinajstić information content (AvgIpc) is 2.80. The molecule has 15 nitrogen and oxygen atoms in total. The lowest BCUT2D eigenvalue weighted by atomic mass is 10.0. The number of nitrogens with one attached hydrogen (secondary N) is 4. The van der Waals surface area contributed by atoms with E-state index < -0.39 is 72.3 Å². The van der Waals surface area contributed by atoms with Crippen LogP contribution in [0.15, 0.2) is 0 Å². The Morgan fingerprint density at radius 1 is 0.649 bits per heavy atom. The van der Waals surface area contributed by atoms with Crippen LogP contribution in [0.1, 0.15) is 65.7 Å². The van der Waals surface area contributed by atoms with E-state index >= 15 is 0 Å². The molecule has 210 valence electrons. The van der Waals surface area contributed by atoms with Gasteiger partial charge in [-0.25, -0.2) is 4.79 Å². The molecular weight excluding hydrogens is 494 g/mol. The maximum absolute atomic E-state index is 12.5. The van der Waals surface area contributed by atoms with Gasteiger partial charge in [0.2, 0.25) is 23.6 Å². The molecule has 0 radical (unpaired) electrons. The first-order chi connectivity index (χ1) is 17.2. The molecule has 0 rings (SSSR count). The largest absolute Gasteiger partial charge is 0.480 e. The molecule has 0 saturated heterocycles. The van der Waals surface area contributed by atoms with Crippen LogP contribution in [-0.2, 0) is 33.6 Å². The first-order valence-electron chi connectivity index (χ1n) is 11.8. The highest BCUT2D eigenvalue weighted by molar-refractivity contribution is 5.91. The van der Waals surface area contributed by atoms with Crippen molar-refractivity contribution in [1.82, 2.24) is 21.3 Å². The average molecular weight is 532 g/mol. The first kappa shape index (κ1) is 33.2. The lowest BCUT2D eigenvalue weighted by Gasteiger charge is -2.21.